The highest BCUT2D eigenvalue weighted by Crippen LogP contribution is 2.47. The van der Waals surface area contributed by atoms with E-state index in [0.29, 0.717) is 23.4 Å². The lowest BCUT2D eigenvalue weighted by Crippen LogP contribution is -2.43. The zero-order chi connectivity index (χ0) is 18.1. The molecule has 1 aliphatic rings. The van der Waals surface area contributed by atoms with Crippen LogP contribution in [-0.2, 0) is 19.4 Å². The summed E-state index contributed by atoms with van der Waals surface area (Å²) in [5.41, 5.74) is 8.94. The van der Waals surface area contributed by atoms with Crippen LogP contribution < -0.4 is 11.2 Å². The first-order valence-corrected chi connectivity index (χ1v) is 10.5. The minimum absolute atomic E-state index is 0. The second-order valence-corrected chi connectivity index (χ2v) is 9.77. The molecule has 6 nitrogen and oxygen atoms in total. The molecule has 1 aromatic heterocycles. The number of rotatable bonds is 4. The van der Waals surface area contributed by atoms with Gasteiger partial charge in [-0.25, -0.2) is 13.9 Å². The highest BCUT2D eigenvalue weighted by atomic mass is 35.5. The van der Waals surface area contributed by atoms with Crippen molar-refractivity contribution in [2.24, 2.45) is 0 Å². The van der Waals surface area contributed by atoms with Gasteiger partial charge in [0.1, 0.15) is 4.75 Å². The number of carbonyl (C=O) groups is 1. The van der Waals surface area contributed by atoms with Gasteiger partial charge in [0, 0.05) is 15.4 Å². The summed E-state index contributed by atoms with van der Waals surface area (Å²) in [5.74, 6) is -0.638. The van der Waals surface area contributed by atoms with Crippen molar-refractivity contribution in [1.29, 1.82) is 0 Å². The van der Waals surface area contributed by atoms with Gasteiger partial charge in [-0.3, -0.25) is 10.0 Å². The van der Waals surface area contributed by atoms with Crippen LogP contribution in [0.1, 0.15) is 30.6 Å². The number of hydrogen-bond donors (Lipinski definition) is 3. The predicted octanol–water partition coefficient (Wildman–Crippen LogP) is 3.11. The summed E-state index contributed by atoms with van der Waals surface area (Å²) < 4.78 is 24.5. The Morgan fingerprint density at radius 2 is 2.04 bits per heavy atom. The third-order valence-corrected chi connectivity index (χ3v) is 8.69. The molecule has 0 spiro atoms. The lowest BCUT2D eigenvalue weighted by Gasteiger charge is -2.35. The number of hydrogen-bond acceptors (Lipinski definition) is 6. The maximum atomic E-state index is 12.9. The summed E-state index contributed by atoms with van der Waals surface area (Å²) in [4.78, 5) is 13.4. The van der Waals surface area contributed by atoms with Gasteiger partial charge in [0.25, 0.3) is 0 Å². The largest absolute Gasteiger partial charge is 0.399 e. The van der Waals surface area contributed by atoms with Gasteiger partial charge in [0.05, 0.1) is 12.2 Å². The van der Waals surface area contributed by atoms with E-state index in [9.17, 15) is 13.2 Å². The molecule has 1 saturated heterocycles. The fourth-order valence-corrected chi connectivity index (χ4v) is 7.12. The highest BCUT2D eigenvalue weighted by Gasteiger charge is 2.49. The number of sulfone groups is 1. The molecule has 1 amide bonds. The van der Waals surface area contributed by atoms with Gasteiger partial charge in [-0.05, 0) is 42.7 Å². The molecule has 0 unspecified atom stereocenters. The Labute approximate surface area is 162 Å². The van der Waals surface area contributed by atoms with Crippen molar-refractivity contribution in [2.45, 2.75) is 30.4 Å². The molecule has 2 aromatic rings. The summed E-state index contributed by atoms with van der Waals surface area (Å²) >= 11 is 1.36. The summed E-state index contributed by atoms with van der Waals surface area (Å²) in [7, 11) is -3.51. The van der Waals surface area contributed by atoms with Crippen LogP contribution in [0.4, 0.5) is 5.69 Å². The molecule has 0 saturated carbocycles. The van der Waals surface area contributed by atoms with Gasteiger partial charge in [-0.2, -0.15) is 0 Å². The van der Waals surface area contributed by atoms with Crippen LogP contribution >= 0.6 is 23.7 Å². The number of benzene rings is 1. The molecule has 3 rings (SSSR count). The van der Waals surface area contributed by atoms with E-state index in [1.165, 1.54) is 11.3 Å². The Kier molecular flexibility index (Phi) is 6.33. The summed E-state index contributed by atoms with van der Waals surface area (Å²) in [6.07, 6.45) is 1.42. The maximum Gasteiger partial charge on any atom is 0.245 e. The summed E-state index contributed by atoms with van der Waals surface area (Å²) in [6.45, 7) is 0. The van der Waals surface area contributed by atoms with Gasteiger partial charge in [0.15, 0.2) is 9.84 Å². The van der Waals surface area contributed by atoms with Crippen molar-refractivity contribution in [3.8, 4) is 10.4 Å². The molecule has 26 heavy (non-hydrogen) atoms. The Bertz CT molecular complexity index is 898. The number of thiophene rings is 1. The summed E-state index contributed by atoms with van der Waals surface area (Å²) in [5, 5.41) is 8.91. The number of halogens is 1. The molecular formula is C17H21ClN2O4S2. The number of nitrogen functional groups attached to an aromatic ring is 1. The van der Waals surface area contributed by atoms with E-state index < -0.39 is 20.5 Å². The van der Waals surface area contributed by atoms with Crippen LogP contribution in [0.15, 0.2) is 36.4 Å². The van der Waals surface area contributed by atoms with Gasteiger partial charge in [0.2, 0.25) is 5.91 Å². The topological polar surface area (TPSA) is 109 Å². The molecular weight excluding hydrogens is 396 g/mol. The Morgan fingerprint density at radius 3 is 2.69 bits per heavy atom. The molecule has 9 heteroatoms. The van der Waals surface area contributed by atoms with Crippen LogP contribution in [0.25, 0.3) is 10.4 Å². The van der Waals surface area contributed by atoms with Crippen LogP contribution in [0, 0.1) is 0 Å². The van der Waals surface area contributed by atoms with Crippen LogP contribution in [0.5, 0.6) is 0 Å². The second-order valence-electron chi connectivity index (χ2n) is 6.27. The van der Waals surface area contributed by atoms with E-state index in [1.807, 2.05) is 24.3 Å². The average molecular weight is 417 g/mol. The molecule has 142 valence electrons. The first kappa shape index (κ1) is 20.7. The van der Waals surface area contributed by atoms with E-state index in [2.05, 4.69) is 0 Å². The minimum Gasteiger partial charge on any atom is -0.399 e. The summed E-state index contributed by atoms with van der Waals surface area (Å²) in [6, 6.07) is 11.0. The van der Waals surface area contributed by atoms with Crippen molar-refractivity contribution in [3.63, 3.8) is 0 Å². The van der Waals surface area contributed by atoms with E-state index in [4.69, 9.17) is 10.9 Å². The van der Waals surface area contributed by atoms with Crippen molar-refractivity contribution >= 4 is 45.2 Å². The van der Waals surface area contributed by atoms with E-state index in [0.717, 1.165) is 16.9 Å². The zero-order valence-electron chi connectivity index (χ0n) is 14.0. The standard InChI is InChI=1S/C17H20N2O4S2.ClH/c18-13-5-3-4-12(10-13)14-6-7-15(24-14)17(11-16(20)19-21)8-1-2-9-25(17,22)23;/h3-7,10,21H,1-2,8-9,11,18H2,(H,19,20);1H/t17-;/m0./s1. The quantitative estimate of drug-likeness (QED) is 0.403. The molecule has 1 aliphatic heterocycles. The fourth-order valence-electron chi connectivity index (χ4n) is 3.34. The Balaban J connectivity index is 0.00000243. The monoisotopic (exact) mass is 416 g/mol. The molecule has 4 N–H and O–H groups in total. The lowest BCUT2D eigenvalue weighted by atomic mass is 9.94. The van der Waals surface area contributed by atoms with Gasteiger partial charge in [-0.15, -0.1) is 23.7 Å². The van der Waals surface area contributed by atoms with Crippen LogP contribution in [0.2, 0.25) is 0 Å². The molecule has 1 atom stereocenters. The number of hydroxylamine groups is 1. The first-order valence-electron chi connectivity index (χ1n) is 7.99. The van der Waals surface area contributed by atoms with E-state index >= 15 is 0 Å². The fraction of sp³-hybridized carbons (Fsp3) is 0.353. The third kappa shape index (κ3) is 3.73. The van der Waals surface area contributed by atoms with E-state index in [-0.39, 0.29) is 24.6 Å². The van der Waals surface area contributed by atoms with Gasteiger partial charge >= 0.3 is 0 Å². The molecule has 2 heterocycles. The SMILES string of the molecule is Cl.Nc1cccc(-c2ccc([C@@]3(CC(=O)NO)CCCCS3(=O)=O)s2)c1. The third-order valence-electron chi connectivity index (χ3n) is 4.64. The number of nitrogens with two attached hydrogens (primary N) is 1. The molecule has 0 radical (unpaired) electrons. The van der Waals surface area contributed by atoms with Crippen molar-refractivity contribution < 1.29 is 18.4 Å². The number of anilines is 1. The minimum atomic E-state index is -3.51. The highest BCUT2D eigenvalue weighted by molar-refractivity contribution is 7.92. The molecule has 1 aromatic carbocycles. The van der Waals surface area contributed by atoms with Crippen LogP contribution in [-0.4, -0.2) is 25.3 Å². The lowest BCUT2D eigenvalue weighted by molar-refractivity contribution is -0.130. The van der Waals surface area contributed by atoms with Crippen molar-refractivity contribution in [2.75, 3.05) is 11.5 Å². The van der Waals surface area contributed by atoms with E-state index in [1.54, 1.807) is 17.6 Å². The van der Waals surface area contributed by atoms with Crippen molar-refractivity contribution in [3.05, 3.63) is 41.3 Å². The number of nitrogens with one attached hydrogen (secondary N) is 1. The van der Waals surface area contributed by atoms with Crippen molar-refractivity contribution in [1.82, 2.24) is 5.48 Å². The van der Waals surface area contributed by atoms with Crippen LogP contribution in [0.3, 0.4) is 0 Å². The average Bonchev–Trinajstić information content (AvgIpc) is 3.07. The Hall–Kier alpha value is -1.61. The predicted molar refractivity (Wildman–Crippen MR) is 105 cm³/mol. The molecule has 0 bridgehead atoms. The zero-order valence-corrected chi connectivity index (χ0v) is 16.4. The van der Waals surface area contributed by atoms with Gasteiger partial charge < -0.3 is 5.73 Å². The second kappa shape index (κ2) is 7.96. The number of amides is 1. The Morgan fingerprint density at radius 1 is 1.27 bits per heavy atom. The van der Waals surface area contributed by atoms with Gasteiger partial charge in [-0.1, -0.05) is 18.6 Å². The molecule has 1 fully saturated rings. The first-order chi connectivity index (χ1) is 11.9. The number of carbonyl (C=O) groups excluding carboxylic acids is 1. The molecule has 0 aliphatic carbocycles. The maximum absolute atomic E-state index is 12.9. The smallest absolute Gasteiger partial charge is 0.245 e. The normalized spacial score (nSPS) is 21.6.